The molecule has 0 aromatic heterocycles. The summed E-state index contributed by atoms with van der Waals surface area (Å²) in [6.45, 7) is 0. The minimum atomic E-state index is -0.618. The van der Waals surface area contributed by atoms with Gasteiger partial charge in [0.15, 0.2) is 0 Å². The highest BCUT2D eigenvalue weighted by Crippen LogP contribution is 1.92. The van der Waals surface area contributed by atoms with Crippen LogP contribution in [0.3, 0.4) is 0 Å². The van der Waals surface area contributed by atoms with Gasteiger partial charge in [-0.15, -0.1) is 3.69 Å². The Balaban J connectivity index is 3.01. The Morgan fingerprint density at radius 3 is 2.90 bits per heavy atom. The fraction of sp³-hybridized carbons (Fsp3) is 0. The fourth-order valence-corrected chi connectivity index (χ4v) is 1.74. The summed E-state index contributed by atoms with van der Waals surface area (Å²) < 4.78 is 1.13. The van der Waals surface area contributed by atoms with E-state index in [2.05, 4.69) is 6.07 Å². The summed E-state index contributed by atoms with van der Waals surface area (Å²) in [5.41, 5.74) is 0.700. The van der Waals surface area contributed by atoms with E-state index in [-0.39, 0.29) is 0 Å². The third-order valence-corrected chi connectivity index (χ3v) is 2.88. The molecule has 1 nitrogen and oxygen atoms in total. The van der Waals surface area contributed by atoms with Crippen LogP contribution in [0.25, 0.3) is 0 Å². The minimum absolute atomic E-state index is 0.618. The van der Waals surface area contributed by atoms with Crippen molar-refractivity contribution in [1.82, 2.24) is 0 Å². The molecule has 0 unspecified atom stereocenters. The van der Waals surface area contributed by atoms with Crippen molar-refractivity contribution in [2.75, 3.05) is 0 Å². The van der Waals surface area contributed by atoms with E-state index in [1.54, 1.807) is 6.07 Å². The fourth-order valence-electron chi connectivity index (χ4n) is 0.724. The molecule has 0 bridgehead atoms. The maximum atomic E-state index is 8.48. The Kier molecular flexibility index (Phi) is 3.01. The van der Waals surface area contributed by atoms with Gasteiger partial charge in [-0.25, -0.2) is 0 Å². The van der Waals surface area contributed by atoms with E-state index in [0.29, 0.717) is 5.56 Å². The van der Waals surface area contributed by atoms with Gasteiger partial charge in [-0.2, -0.15) is 5.26 Å². The van der Waals surface area contributed by atoms with Gasteiger partial charge in [-0.1, -0.05) is 18.2 Å². The van der Waals surface area contributed by atoms with Crippen molar-refractivity contribution < 1.29 is 0 Å². The molecule has 1 aromatic carbocycles. The lowest BCUT2D eigenvalue weighted by Gasteiger charge is -1.92. The first-order valence-electron chi connectivity index (χ1n) is 2.92. The second-order valence-corrected chi connectivity index (χ2v) is 3.83. The number of nitrogens with zero attached hydrogens (tertiary/aromatic N) is 1. The number of benzene rings is 1. The van der Waals surface area contributed by atoms with E-state index >= 15 is 0 Å². The number of halogens is 1. The van der Waals surface area contributed by atoms with Crippen LogP contribution >= 0.6 is 9.07 Å². The molecule has 0 saturated heterocycles. The van der Waals surface area contributed by atoms with Crippen LogP contribution in [0.1, 0.15) is 5.56 Å². The van der Waals surface area contributed by atoms with Gasteiger partial charge in [0.1, 0.15) is 0 Å². The molecule has 0 N–H and O–H groups in total. The van der Waals surface area contributed by atoms with Crippen LogP contribution in [0.4, 0.5) is 0 Å². The van der Waals surface area contributed by atoms with Gasteiger partial charge >= 0.3 is 19.3 Å². The van der Waals surface area contributed by atoms with E-state index in [0.717, 1.165) is 3.69 Å². The average Bonchev–Trinajstić information content (AvgIpc) is 2.05. The zero-order valence-corrected chi connectivity index (χ0v) is 7.51. The highest BCUT2D eigenvalue weighted by molar-refractivity contribution is 7.01. The van der Waals surface area contributed by atoms with Crippen molar-refractivity contribution in [3.05, 3.63) is 29.8 Å². The molecule has 3 heteroatoms. The quantitative estimate of drug-likeness (QED) is 0.565. The minimum Gasteiger partial charge on any atom is -0.336 e. The maximum absolute atomic E-state index is 8.48. The summed E-state index contributed by atoms with van der Waals surface area (Å²) >= 11 is -0.618. The Morgan fingerprint density at radius 1 is 1.50 bits per heavy atom. The zero-order valence-electron chi connectivity index (χ0n) is 5.34. The van der Waals surface area contributed by atoms with Gasteiger partial charge in [0, 0.05) is 5.56 Å². The first-order valence-corrected chi connectivity index (χ1v) is 5.76. The molecule has 0 atom stereocenters. The monoisotopic (exact) mass is 161 g/mol. The molecular weight excluding hydrogens is 158 g/mol. The van der Waals surface area contributed by atoms with E-state index in [4.69, 9.17) is 14.3 Å². The number of rotatable bonds is 1. The molecule has 0 aliphatic carbocycles. The number of hydrogen-bond acceptors (Lipinski definition) is 1. The van der Waals surface area contributed by atoms with Gasteiger partial charge in [0.05, 0.1) is 6.07 Å². The topological polar surface area (TPSA) is 23.8 Å². The predicted octanol–water partition coefficient (Wildman–Crippen LogP) is 1.04. The summed E-state index contributed by atoms with van der Waals surface area (Å²) in [5.74, 6) is 0. The Hall–Kier alpha value is -0.234. The summed E-state index contributed by atoms with van der Waals surface area (Å²) in [7, 11) is 5.69. The second-order valence-electron chi connectivity index (χ2n) is 1.95. The molecule has 0 radical (unpaired) electrons. The molecule has 0 saturated carbocycles. The molecular formula is C7H4ClMgN. The van der Waals surface area contributed by atoms with Gasteiger partial charge in [-0.3, -0.25) is 0 Å². The van der Waals surface area contributed by atoms with Crippen LogP contribution in [0.5, 0.6) is 0 Å². The highest BCUT2D eigenvalue weighted by atomic mass is 35.5. The smallest absolute Gasteiger partial charge is 0.336 e. The normalized spacial score (nSPS) is 8.00. The van der Waals surface area contributed by atoms with Crippen LogP contribution < -0.4 is 3.69 Å². The number of hydrogen-bond donors (Lipinski definition) is 0. The summed E-state index contributed by atoms with van der Waals surface area (Å²) in [4.78, 5) is 0. The van der Waals surface area contributed by atoms with Crippen molar-refractivity contribution in [2.45, 2.75) is 0 Å². The number of nitriles is 1. The van der Waals surface area contributed by atoms with Gasteiger partial charge in [0.25, 0.3) is 0 Å². The highest BCUT2D eigenvalue weighted by Gasteiger charge is 1.95. The van der Waals surface area contributed by atoms with Crippen molar-refractivity contribution in [3.63, 3.8) is 0 Å². The zero-order chi connectivity index (χ0) is 7.40. The lowest BCUT2D eigenvalue weighted by atomic mass is 10.2. The molecule has 1 aromatic rings. The standard InChI is InChI=1S/C7H4N.ClH.Mg/c8-6-7-4-2-1-3-5-7;;/h1-2,4-5H;1H;/q;;+1/p-1. The average molecular weight is 162 g/mol. The maximum Gasteiger partial charge on any atom is 0.538 e. The Bertz CT molecular complexity index is 267. The second kappa shape index (κ2) is 3.82. The van der Waals surface area contributed by atoms with Crippen LogP contribution in [-0.4, -0.2) is 19.3 Å². The van der Waals surface area contributed by atoms with Crippen molar-refractivity contribution >= 4 is 32.0 Å². The van der Waals surface area contributed by atoms with E-state index in [9.17, 15) is 0 Å². The third-order valence-electron chi connectivity index (χ3n) is 1.21. The van der Waals surface area contributed by atoms with Gasteiger partial charge in [-0.05, 0) is 6.07 Å². The van der Waals surface area contributed by atoms with Crippen LogP contribution in [-0.2, 0) is 0 Å². The van der Waals surface area contributed by atoms with Crippen LogP contribution in [0.2, 0.25) is 0 Å². The van der Waals surface area contributed by atoms with Crippen molar-refractivity contribution in [3.8, 4) is 6.07 Å². The summed E-state index contributed by atoms with van der Waals surface area (Å²) in [5, 5.41) is 8.48. The Morgan fingerprint density at radius 2 is 2.30 bits per heavy atom. The molecule has 0 amide bonds. The molecule has 0 fully saturated rings. The van der Waals surface area contributed by atoms with Crippen LogP contribution in [0, 0.1) is 11.3 Å². The first-order chi connectivity index (χ1) is 4.86. The lowest BCUT2D eigenvalue weighted by Crippen LogP contribution is -2.07. The molecule has 46 valence electrons. The van der Waals surface area contributed by atoms with E-state index < -0.39 is 19.3 Å². The van der Waals surface area contributed by atoms with Gasteiger partial charge < -0.3 is 9.07 Å². The van der Waals surface area contributed by atoms with Crippen molar-refractivity contribution in [1.29, 1.82) is 5.26 Å². The molecule has 0 spiro atoms. The molecule has 10 heavy (non-hydrogen) atoms. The van der Waals surface area contributed by atoms with E-state index in [1.807, 2.05) is 18.2 Å². The van der Waals surface area contributed by atoms with Gasteiger partial charge in [0.2, 0.25) is 0 Å². The SMILES string of the molecule is N#Cc1ccc[c]([Mg][Cl])c1. The first kappa shape index (κ1) is 7.87. The predicted molar refractivity (Wildman–Crippen MR) is 42.4 cm³/mol. The van der Waals surface area contributed by atoms with Crippen LogP contribution in [0.15, 0.2) is 24.3 Å². The molecule has 0 heterocycles. The third kappa shape index (κ3) is 1.88. The summed E-state index contributed by atoms with van der Waals surface area (Å²) in [6.07, 6.45) is 0. The van der Waals surface area contributed by atoms with Crippen molar-refractivity contribution in [2.24, 2.45) is 0 Å². The lowest BCUT2D eigenvalue weighted by molar-refractivity contribution is 1.49. The molecule has 0 aliphatic heterocycles. The molecule has 0 aliphatic rings. The summed E-state index contributed by atoms with van der Waals surface area (Å²) in [6, 6.07) is 9.52. The largest absolute Gasteiger partial charge is 0.538 e. The van der Waals surface area contributed by atoms with E-state index in [1.165, 1.54) is 0 Å². The molecule has 1 rings (SSSR count). The Labute approximate surface area is 73.1 Å².